The van der Waals surface area contributed by atoms with Crippen LogP contribution in [0.15, 0.2) is 47.5 Å². The third-order valence-corrected chi connectivity index (χ3v) is 3.25. The summed E-state index contributed by atoms with van der Waals surface area (Å²) < 4.78 is 16.6. The van der Waals surface area contributed by atoms with E-state index in [1.165, 1.54) is 12.1 Å². The molecule has 1 atom stereocenters. The molecule has 98 valence electrons. The van der Waals surface area contributed by atoms with Crippen LogP contribution in [0.3, 0.4) is 0 Å². The average molecular weight is 278 g/mol. The second-order valence-corrected chi connectivity index (χ2v) is 5.02. The van der Waals surface area contributed by atoms with E-state index in [1.807, 2.05) is 0 Å². The van der Waals surface area contributed by atoms with Crippen LogP contribution in [-0.2, 0) is 10.8 Å². The molecule has 0 bridgehead atoms. The van der Waals surface area contributed by atoms with E-state index in [2.05, 4.69) is 4.98 Å². The van der Waals surface area contributed by atoms with Crippen molar-refractivity contribution in [3.05, 3.63) is 52.7 Å². The van der Waals surface area contributed by atoms with Crippen molar-refractivity contribution >= 4 is 16.5 Å². The van der Waals surface area contributed by atoms with E-state index in [-0.39, 0.29) is 11.6 Å². The fourth-order valence-corrected chi connectivity index (χ4v) is 1.88. The molecule has 19 heavy (non-hydrogen) atoms. The molecule has 0 saturated heterocycles. The van der Waals surface area contributed by atoms with Gasteiger partial charge in [-0.05, 0) is 24.3 Å². The van der Waals surface area contributed by atoms with Crippen molar-refractivity contribution in [3.8, 4) is 11.6 Å². The largest absolute Gasteiger partial charge is 0.439 e. The summed E-state index contributed by atoms with van der Waals surface area (Å²) in [7, 11) is -1.04. The van der Waals surface area contributed by atoms with E-state index >= 15 is 0 Å². The number of rotatable bonds is 4. The molecule has 1 unspecified atom stereocenters. The van der Waals surface area contributed by atoms with Crippen molar-refractivity contribution in [1.82, 2.24) is 4.98 Å². The monoisotopic (exact) mass is 278 g/mol. The van der Waals surface area contributed by atoms with Crippen molar-refractivity contribution in [3.63, 3.8) is 0 Å². The highest BCUT2D eigenvalue weighted by atomic mass is 32.2. The number of hydrogen-bond acceptors (Lipinski definition) is 5. The molecule has 2 rings (SSSR count). The van der Waals surface area contributed by atoms with Gasteiger partial charge in [0.05, 0.1) is 4.92 Å². The zero-order valence-corrected chi connectivity index (χ0v) is 10.8. The maximum atomic E-state index is 11.2. The fourth-order valence-electron chi connectivity index (χ4n) is 1.36. The lowest BCUT2D eigenvalue weighted by molar-refractivity contribution is -0.385. The van der Waals surface area contributed by atoms with E-state index in [1.54, 1.807) is 30.5 Å². The molecular formula is C12H10N2O4S. The maximum absolute atomic E-state index is 11.2. The van der Waals surface area contributed by atoms with Crippen LogP contribution >= 0.6 is 0 Å². The Hall–Kier alpha value is -2.28. The summed E-state index contributed by atoms with van der Waals surface area (Å²) >= 11 is 0. The molecule has 0 aliphatic heterocycles. The first-order valence-electron chi connectivity index (χ1n) is 5.28. The van der Waals surface area contributed by atoms with E-state index in [0.29, 0.717) is 10.6 Å². The van der Waals surface area contributed by atoms with Gasteiger partial charge in [-0.1, -0.05) is 0 Å². The molecule has 2 aromatic rings. The first-order valence-corrected chi connectivity index (χ1v) is 6.84. The second-order valence-electron chi connectivity index (χ2n) is 3.64. The molecular weight excluding hydrogens is 268 g/mol. The predicted octanol–water partition coefficient (Wildman–Crippen LogP) is 2.52. The molecule has 0 aliphatic rings. The Morgan fingerprint density at radius 2 is 1.89 bits per heavy atom. The van der Waals surface area contributed by atoms with Gasteiger partial charge in [0.2, 0.25) is 5.88 Å². The zero-order valence-electron chi connectivity index (χ0n) is 9.98. The molecule has 0 fully saturated rings. The van der Waals surface area contributed by atoms with Crippen molar-refractivity contribution in [2.45, 2.75) is 4.90 Å². The number of pyridine rings is 1. The summed E-state index contributed by atoms with van der Waals surface area (Å²) in [6.45, 7) is 0. The van der Waals surface area contributed by atoms with Crippen LogP contribution in [0, 0.1) is 10.1 Å². The Balaban J connectivity index is 2.12. The molecule has 0 radical (unpaired) electrons. The van der Waals surface area contributed by atoms with Gasteiger partial charge in [-0.3, -0.25) is 14.3 Å². The summed E-state index contributed by atoms with van der Waals surface area (Å²) in [5.41, 5.74) is -0.0934. The first-order chi connectivity index (χ1) is 9.06. The molecule has 7 heteroatoms. The first kappa shape index (κ1) is 13.2. The standard InChI is InChI=1S/C12H10N2O4S/c1-19(17)11-5-3-10(4-6-11)18-12-7-2-9(8-13-12)14(15)16/h2-8H,1H3. The van der Waals surface area contributed by atoms with Gasteiger partial charge in [-0.25, -0.2) is 4.98 Å². The summed E-state index contributed by atoms with van der Waals surface area (Å²) in [4.78, 5) is 14.5. The molecule has 1 aromatic heterocycles. The predicted molar refractivity (Wildman–Crippen MR) is 69.7 cm³/mol. The van der Waals surface area contributed by atoms with Gasteiger partial charge in [0, 0.05) is 34.1 Å². The van der Waals surface area contributed by atoms with Crippen molar-refractivity contribution in [2.75, 3.05) is 6.26 Å². The average Bonchev–Trinajstić information content (AvgIpc) is 2.40. The summed E-state index contributed by atoms with van der Waals surface area (Å²) in [6, 6.07) is 9.45. The Kier molecular flexibility index (Phi) is 3.86. The highest BCUT2D eigenvalue weighted by molar-refractivity contribution is 7.84. The highest BCUT2D eigenvalue weighted by Crippen LogP contribution is 2.22. The SMILES string of the molecule is CS(=O)c1ccc(Oc2ccc([N+](=O)[O-])cn2)cc1. The minimum absolute atomic E-state index is 0.0934. The zero-order chi connectivity index (χ0) is 13.8. The molecule has 0 N–H and O–H groups in total. The number of benzene rings is 1. The minimum atomic E-state index is -1.04. The Labute approximate surface area is 111 Å². The fraction of sp³-hybridized carbons (Fsp3) is 0.0833. The van der Waals surface area contributed by atoms with Crippen molar-refractivity contribution in [2.24, 2.45) is 0 Å². The Morgan fingerprint density at radius 1 is 1.21 bits per heavy atom. The second kappa shape index (κ2) is 5.57. The third kappa shape index (κ3) is 3.35. The lowest BCUT2D eigenvalue weighted by atomic mass is 10.3. The molecule has 0 amide bonds. The lowest BCUT2D eigenvalue weighted by Gasteiger charge is -2.04. The minimum Gasteiger partial charge on any atom is -0.439 e. The van der Waals surface area contributed by atoms with Crippen LogP contribution in [0.2, 0.25) is 0 Å². The van der Waals surface area contributed by atoms with Gasteiger partial charge in [0.15, 0.2) is 0 Å². The Bertz CT molecular complexity index is 555. The van der Waals surface area contributed by atoms with E-state index in [4.69, 9.17) is 4.74 Å². The number of aromatic nitrogens is 1. The van der Waals surface area contributed by atoms with Gasteiger partial charge >= 0.3 is 0 Å². The van der Waals surface area contributed by atoms with Crippen LogP contribution < -0.4 is 4.74 Å². The molecule has 0 aliphatic carbocycles. The van der Waals surface area contributed by atoms with Crippen molar-refractivity contribution < 1.29 is 13.9 Å². The summed E-state index contributed by atoms with van der Waals surface area (Å²) in [5.74, 6) is 0.784. The number of ether oxygens (including phenoxy) is 1. The summed E-state index contributed by atoms with van der Waals surface area (Å²) in [5, 5.41) is 10.5. The van der Waals surface area contributed by atoms with E-state index in [0.717, 1.165) is 6.20 Å². The number of nitro groups is 1. The molecule has 6 nitrogen and oxygen atoms in total. The summed E-state index contributed by atoms with van der Waals surface area (Å²) in [6.07, 6.45) is 2.72. The van der Waals surface area contributed by atoms with Gasteiger partial charge < -0.3 is 4.74 Å². The third-order valence-electron chi connectivity index (χ3n) is 2.31. The van der Waals surface area contributed by atoms with Gasteiger partial charge in [-0.2, -0.15) is 0 Å². The topological polar surface area (TPSA) is 82.3 Å². The molecule has 1 aromatic carbocycles. The lowest BCUT2D eigenvalue weighted by Crippen LogP contribution is -1.92. The highest BCUT2D eigenvalue weighted by Gasteiger charge is 2.06. The van der Waals surface area contributed by atoms with E-state index < -0.39 is 15.7 Å². The van der Waals surface area contributed by atoms with Crippen LogP contribution in [0.4, 0.5) is 5.69 Å². The molecule has 0 spiro atoms. The van der Waals surface area contributed by atoms with Gasteiger partial charge in [-0.15, -0.1) is 0 Å². The maximum Gasteiger partial charge on any atom is 0.287 e. The smallest absolute Gasteiger partial charge is 0.287 e. The van der Waals surface area contributed by atoms with Gasteiger partial charge in [0.1, 0.15) is 11.9 Å². The van der Waals surface area contributed by atoms with Crippen LogP contribution in [0.25, 0.3) is 0 Å². The normalized spacial score (nSPS) is 11.8. The quantitative estimate of drug-likeness (QED) is 0.634. The van der Waals surface area contributed by atoms with E-state index in [9.17, 15) is 14.3 Å². The van der Waals surface area contributed by atoms with Gasteiger partial charge in [0.25, 0.3) is 5.69 Å². The number of nitrogens with zero attached hydrogens (tertiary/aromatic N) is 2. The van der Waals surface area contributed by atoms with Crippen LogP contribution in [0.1, 0.15) is 0 Å². The number of hydrogen-bond donors (Lipinski definition) is 0. The molecule has 1 heterocycles. The van der Waals surface area contributed by atoms with Crippen LogP contribution in [0.5, 0.6) is 11.6 Å². The van der Waals surface area contributed by atoms with Crippen LogP contribution in [-0.4, -0.2) is 20.4 Å². The molecule has 0 saturated carbocycles. The van der Waals surface area contributed by atoms with Crippen molar-refractivity contribution in [1.29, 1.82) is 0 Å². The Morgan fingerprint density at radius 3 is 2.37 bits per heavy atom.